The molecule has 1 aromatic carbocycles. The van der Waals surface area contributed by atoms with Crippen molar-refractivity contribution >= 4 is 5.91 Å². The number of carbonyl (C=O) groups excluding carboxylic acids is 1. The van der Waals surface area contributed by atoms with Crippen LogP contribution in [-0.4, -0.2) is 15.8 Å². The van der Waals surface area contributed by atoms with Crippen LogP contribution in [0.1, 0.15) is 15.9 Å². The van der Waals surface area contributed by atoms with Gasteiger partial charge < -0.3 is 5.21 Å². The third-order valence-electron chi connectivity index (χ3n) is 2.47. The largest absolute Gasteiger partial charge is 0.427 e. The second-order valence-electron chi connectivity index (χ2n) is 3.90. The Bertz CT molecular complexity index is 705. The summed E-state index contributed by atoms with van der Waals surface area (Å²) in [6, 6.07) is 8.33. The van der Waals surface area contributed by atoms with Gasteiger partial charge in [0.2, 0.25) is 0 Å². The minimum absolute atomic E-state index is 0.0742. The summed E-state index contributed by atoms with van der Waals surface area (Å²) in [7, 11) is 0. The second kappa shape index (κ2) is 5.20. The minimum atomic E-state index is -4.53. The predicted molar refractivity (Wildman–Crippen MR) is 63.0 cm³/mol. The van der Waals surface area contributed by atoms with Gasteiger partial charge in [0.1, 0.15) is 0 Å². The average Bonchev–Trinajstić information content (AvgIpc) is 2.40. The number of hydrogen-bond donors (Lipinski definition) is 1. The molecule has 0 spiro atoms. The summed E-state index contributed by atoms with van der Waals surface area (Å²) in [5, 5.41) is 9.38. The zero-order valence-electron chi connectivity index (χ0n) is 10.0. The maximum atomic E-state index is 12.5. The second-order valence-corrected chi connectivity index (χ2v) is 3.90. The molecule has 0 radical (unpaired) electrons. The van der Waals surface area contributed by atoms with Crippen LogP contribution in [0.25, 0.3) is 0 Å². The van der Waals surface area contributed by atoms with Crippen LogP contribution in [-0.2, 0) is 6.18 Å². The van der Waals surface area contributed by atoms with E-state index in [2.05, 4.69) is 4.99 Å². The zero-order chi connectivity index (χ0) is 14.8. The highest BCUT2D eigenvalue weighted by Crippen LogP contribution is 2.29. The van der Waals surface area contributed by atoms with Crippen molar-refractivity contribution in [1.29, 1.82) is 0 Å². The molecule has 0 aliphatic rings. The molecule has 0 saturated heterocycles. The molecule has 1 amide bonds. The van der Waals surface area contributed by atoms with Gasteiger partial charge in [0, 0.05) is 11.8 Å². The topological polar surface area (TPSA) is 54.6 Å². The molecule has 0 unspecified atom stereocenters. The van der Waals surface area contributed by atoms with E-state index in [0.29, 0.717) is 4.73 Å². The van der Waals surface area contributed by atoms with E-state index in [0.717, 1.165) is 18.2 Å². The van der Waals surface area contributed by atoms with Crippen LogP contribution in [0.5, 0.6) is 0 Å². The van der Waals surface area contributed by atoms with Crippen molar-refractivity contribution in [3.05, 3.63) is 65.3 Å². The molecule has 0 aliphatic carbocycles. The van der Waals surface area contributed by atoms with Crippen molar-refractivity contribution in [1.82, 2.24) is 4.73 Å². The van der Waals surface area contributed by atoms with E-state index < -0.39 is 17.6 Å². The fourth-order valence-corrected chi connectivity index (χ4v) is 1.51. The number of rotatable bonds is 1. The normalized spacial score (nSPS) is 12.4. The lowest BCUT2D eigenvalue weighted by Gasteiger charge is -2.06. The van der Waals surface area contributed by atoms with E-state index >= 15 is 0 Å². The fourth-order valence-electron chi connectivity index (χ4n) is 1.51. The third-order valence-corrected chi connectivity index (χ3v) is 2.47. The summed E-state index contributed by atoms with van der Waals surface area (Å²) in [5.74, 6) is -0.870. The van der Waals surface area contributed by atoms with Crippen LogP contribution in [0.3, 0.4) is 0 Å². The van der Waals surface area contributed by atoms with E-state index in [1.807, 2.05) is 0 Å². The van der Waals surface area contributed by atoms with Gasteiger partial charge in [-0.15, -0.1) is 0 Å². The number of nitrogens with zero attached hydrogens (tertiary/aromatic N) is 2. The van der Waals surface area contributed by atoms with Gasteiger partial charge in [-0.1, -0.05) is 12.1 Å². The number of pyridine rings is 1. The fraction of sp³-hybridized carbons (Fsp3) is 0.0769. The summed E-state index contributed by atoms with van der Waals surface area (Å²) in [6.45, 7) is 0. The number of alkyl halides is 3. The van der Waals surface area contributed by atoms with Gasteiger partial charge in [-0.2, -0.15) is 22.9 Å². The zero-order valence-corrected chi connectivity index (χ0v) is 10.0. The van der Waals surface area contributed by atoms with Gasteiger partial charge in [-0.25, -0.2) is 0 Å². The Morgan fingerprint density at radius 1 is 1.15 bits per heavy atom. The number of aromatic nitrogens is 1. The van der Waals surface area contributed by atoms with E-state index in [9.17, 15) is 23.2 Å². The maximum Gasteiger partial charge on any atom is 0.416 e. The lowest BCUT2D eigenvalue weighted by atomic mass is 10.1. The average molecular weight is 282 g/mol. The Labute approximate surface area is 111 Å². The molecular weight excluding hydrogens is 273 g/mol. The van der Waals surface area contributed by atoms with Crippen LogP contribution >= 0.6 is 0 Å². The van der Waals surface area contributed by atoms with Crippen molar-refractivity contribution in [3.63, 3.8) is 0 Å². The quantitative estimate of drug-likeness (QED) is 0.817. The lowest BCUT2D eigenvalue weighted by molar-refractivity contribution is -0.137. The Kier molecular flexibility index (Phi) is 3.60. The number of carbonyl (C=O) groups is 1. The Morgan fingerprint density at radius 3 is 2.55 bits per heavy atom. The van der Waals surface area contributed by atoms with Gasteiger partial charge >= 0.3 is 6.18 Å². The first-order valence-corrected chi connectivity index (χ1v) is 5.51. The van der Waals surface area contributed by atoms with Crippen LogP contribution in [0.2, 0.25) is 0 Å². The molecule has 0 fully saturated rings. The van der Waals surface area contributed by atoms with Crippen LogP contribution in [0, 0.1) is 0 Å². The standard InChI is InChI=1S/C13H9F3N2O2/c14-13(15,16)10-5-3-4-9(8-10)12(19)17-11-6-1-2-7-18(11)20/h1-8,20H. The summed E-state index contributed by atoms with van der Waals surface area (Å²) in [4.78, 5) is 15.3. The highest BCUT2D eigenvalue weighted by atomic mass is 19.4. The minimum Gasteiger partial charge on any atom is -0.427 e. The van der Waals surface area contributed by atoms with Gasteiger partial charge in [-0.3, -0.25) is 4.79 Å². The summed E-state index contributed by atoms with van der Waals surface area (Å²) >= 11 is 0. The van der Waals surface area contributed by atoms with E-state index in [4.69, 9.17) is 0 Å². The smallest absolute Gasteiger partial charge is 0.416 e. The van der Waals surface area contributed by atoms with Crippen LogP contribution in [0.4, 0.5) is 13.2 Å². The Morgan fingerprint density at radius 2 is 1.90 bits per heavy atom. The highest BCUT2D eigenvalue weighted by Gasteiger charge is 2.30. The third kappa shape index (κ3) is 3.05. The van der Waals surface area contributed by atoms with E-state index in [1.54, 1.807) is 0 Å². The van der Waals surface area contributed by atoms with Gasteiger partial charge in [-0.05, 0) is 30.3 Å². The first-order valence-electron chi connectivity index (χ1n) is 5.51. The van der Waals surface area contributed by atoms with Crippen molar-refractivity contribution in [2.45, 2.75) is 6.18 Å². The highest BCUT2D eigenvalue weighted by molar-refractivity contribution is 5.95. The summed E-state index contributed by atoms with van der Waals surface area (Å²) in [6.07, 6.45) is -3.28. The molecule has 20 heavy (non-hydrogen) atoms. The molecular formula is C13H9F3N2O2. The number of halogens is 3. The van der Waals surface area contributed by atoms with Gasteiger partial charge in [0.15, 0.2) is 5.49 Å². The molecule has 7 heteroatoms. The molecule has 0 atom stereocenters. The molecule has 2 aromatic rings. The number of hydrogen-bond acceptors (Lipinski definition) is 2. The van der Waals surface area contributed by atoms with Gasteiger partial charge in [0.25, 0.3) is 5.91 Å². The summed E-state index contributed by atoms with van der Waals surface area (Å²) < 4.78 is 38.2. The molecule has 2 rings (SSSR count). The molecule has 4 nitrogen and oxygen atoms in total. The van der Waals surface area contributed by atoms with Crippen molar-refractivity contribution in [3.8, 4) is 0 Å². The molecule has 1 aromatic heterocycles. The summed E-state index contributed by atoms with van der Waals surface area (Å²) in [5.41, 5.74) is -1.21. The number of amides is 1. The number of benzene rings is 1. The van der Waals surface area contributed by atoms with Crippen LogP contribution < -0.4 is 5.49 Å². The monoisotopic (exact) mass is 282 g/mol. The molecule has 1 N–H and O–H groups in total. The predicted octanol–water partition coefficient (Wildman–Crippen LogP) is 2.49. The van der Waals surface area contributed by atoms with Crippen molar-refractivity contribution in [2.75, 3.05) is 0 Å². The van der Waals surface area contributed by atoms with Crippen molar-refractivity contribution < 1.29 is 23.2 Å². The molecule has 104 valence electrons. The SMILES string of the molecule is O=C(N=c1ccccn1O)c1cccc(C(F)(F)F)c1. The lowest BCUT2D eigenvalue weighted by Crippen LogP contribution is -2.19. The molecule has 0 bridgehead atoms. The van der Waals surface area contributed by atoms with Gasteiger partial charge in [0.05, 0.1) is 5.56 Å². The molecule has 0 aliphatic heterocycles. The van der Waals surface area contributed by atoms with E-state index in [-0.39, 0.29) is 11.1 Å². The molecule has 0 saturated carbocycles. The first-order chi connectivity index (χ1) is 9.38. The Hall–Kier alpha value is -2.57. The van der Waals surface area contributed by atoms with Crippen LogP contribution in [0.15, 0.2) is 53.7 Å². The maximum absolute atomic E-state index is 12.5. The van der Waals surface area contributed by atoms with E-state index in [1.165, 1.54) is 30.5 Å². The molecule has 1 heterocycles. The Balaban J connectivity index is 2.41. The first kappa shape index (κ1) is 13.9. The van der Waals surface area contributed by atoms with Crippen molar-refractivity contribution in [2.24, 2.45) is 4.99 Å².